The molecule has 1 N–H and O–H groups in total. The van der Waals surface area contributed by atoms with Gasteiger partial charge in [-0.1, -0.05) is 24.3 Å². The number of rotatable bonds is 5. The predicted octanol–water partition coefficient (Wildman–Crippen LogP) is 2.94. The van der Waals surface area contributed by atoms with Crippen LogP contribution in [-0.4, -0.2) is 7.05 Å². The Morgan fingerprint density at radius 2 is 2.25 bits per heavy atom. The number of nitrogens with one attached hydrogen (secondary N) is 1. The first-order valence-electron chi connectivity index (χ1n) is 5.82. The quantitative estimate of drug-likeness (QED) is 0.766. The maximum absolute atomic E-state index is 5.43. The van der Waals surface area contributed by atoms with Gasteiger partial charge in [0.05, 0.1) is 13.2 Å². The van der Waals surface area contributed by atoms with Crippen LogP contribution in [0.2, 0.25) is 0 Å². The monoisotopic (exact) mass is 217 g/mol. The minimum atomic E-state index is 0.420. The van der Waals surface area contributed by atoms with Crippen LogP contribution in [-0.2, 0) is 18.0 Å². The Labute approximate surface area is 97.3 Å². The third-order valence-electron chi connectivity index (χ3n) is 3.16. The lowest BCUT2D eigenvalue weighted by Crippen LogP contribution is -2.16. The van der Waals surface area contributed by atoms with Gasteiger partial charge in [-0.2, -0.15) is 0 Å². The Bertz CT molecular complexity index is 373. The van der Waals surface area contributed by atoms with Crippen molar-refractivity contribution >= 4 is 0 Å². The predicted molar refractivity (Wildman–Crippen MR) is 66.2 cm³/mol. The van der Waals surface area contributed by atoms with E-state index in [1.165, 1.54) is 16.7 Å². The lowest BCUT2D eigenvalue weighted by Gasteiger charge is -2.16. The first kappa shape index (κ1) is 11.4. The summed E-state index contributed by atoms with van der Waals surface area (Å²) in [4.78, 5) is 0. The smallest absolute Gasteiger partial charge is 0.0725 e. The van der Waals surface area contributed by atoms with Crippen LogP contribution in [0.15, 0.2) is 30.9 Å². The number of hydrogen-bond acceptors (Lipinski definition) is 2. The van der Waals surface area contributed by atoms with Crippen LogP contribution in [0.1, 0.15) is 35.6 Å². The summed E-state index contributed by atoms with van der Waals surface area (Å²) in [5.74, 6) is 0. The van der Waals surface area contributed by atoms with Gasteiger partial charge in [-0.05, 0) is 36.6 Å². The molecule has 1 unspecified atom stereocenters. The third-order valence-corrected chi connectivity index (χ3v) is 3.16. The van der Waals surface area contributed by atoms with Gasteiger partial charge < -0.3 is 10.1 Å². The molecule has 1 aromatic carbocycles. The summed E-state index contributed by atoms with van der Waals surface area (Å²) in [6.45, 7) is 5.31. The van der Waals surface area contributed by atoms with Crippen LogP contribution < -0.4 is 5.32 Å². The normalized spacial score (nSPS) is 15.8. The van der Waals surface area contributed by atoms with E-state index in [0.29, 0.717) is 6.04 Å². The maximum atomic E-state index is 5.43. The van der Waals surface area contributed by atoms with Gasteiger partial charge in [-0.3, -0.25) is 0 Å². The highest BCUT2D eigenvalue weighted by molar-refractivity contribution is 5.34. The summed E-state index contributed by atoms with van der Waals surface area (Å²) < 4.78 is 5.43. The summed E-state index contributed by atoms with van der Waals surface area (Å²) >= 11 is 0. The zero-order valence-corrected chi connectivity index (χ0v) is 9.83. The summed E-state index contributed by atoms with van der Waals surface area (Å²) in [6.07, 6.45) is 4.11. The van der Waals surface area contributed by atoms with Gasteiger partial charge in [-0.25, -0.2) is 0 Å². The molecule has 1 aliphatic rings. The molecule has 1 aliphatic heterocycles. The van der Waals surface area contributed by atoms with Crippen LogP contribution in [0, 0.1) is 0 Å². The molecule has 2 nitrogen and oxygen atoms in total. The second-order valence-corrected chi connectivity index (χ2v) is 4.23. The Morgan fingerprint density at radius 1 is 1.44 bits per heavy atom. The van der Waals surface area contributed by atoms with Crippen LogP contribution in [0.5, 0.6) is 0 Å². The van der Waals surface area contributed by atoms with Crippen LogP contribution in [0.3, 0.4) is 0 Å². The van der Waals surface area contributed by atoms with E-state index in [9.17, 15) is 0 Å². The molecule has 0 aliphatic carbocycles. The third kappa shape index (κ3) is 2.34. The zero-order chi connectivity index (χ0) is 11.4. The molecule has 16 heavy (non-hydrogen) atoms. The van der Waals surface area contributed by atoms with Crippen LogP contribution in [0.25, 0.3) is 0 Å². The van der Waals surface area contributed by atoms with E-state index < -0.39 is 0 Å². The van der Waals surface area contributed by atoms with Crippen molar-refractivity contribution in [2.45, 2.75) is 32.1 Å². The highest BCUT2D eigenvalue weighted by Gasteiger charge is 2.14. The van der Waals surface area contributed by atoms with Crippen molar-refractivity contribution in [3.05, 3.63) is 47.5 Å². The molecule has 0 saturated carbocycles. The summed E-state index contributed by atoms with van der Waals surface area (Å²) in [6, 6.07) is 7.09. The van der Waals surface area contributed by atoms with Crippen molar-refractivity contribution in [2.24, 2.45) is 0 Å². The number of fused-ring (bicyclic) bond motifs is 1. The molecule has 0 saturated heterocycles. The lowest BCUT2D eigenvalue weighted by molar-refractivity contribution is 0.134. The van der Waals surface area contributed by atoms with Crippen molar-refractivity contribution in [3.8, 4) is 0 Å². The molecule has 86 valence electrons. The van der Waals surface area contributed by atoms with E-state index in [1.54, 1.807) is 0 Å². The van der Waals surface area contributed by atoms with Crippen LogP contribution in [0.4, 0.5) is 0 Å². The highest BCUT2D eigenvalue weighted by atomic mass is 16.5. The SMILES string of the molecule is C=CCCC(NC)c1ccc2c(c1)COC2. The number of allylic oxidation sites excluding steroid dienone is 1. The van der Waals surface area contributed by atoms with Crippen molar-refractivity contribution in [1.29, 1.82) is 0 Å². The largest absolute Gasteiger partial charge is 0.372 e. The van der Waals surface area contributed by atoms with Gasteiger partial charge in [0.25, 0.3) is 0 Å². The van der Waals surface area contributed by atoms with Gasteiger partial charge in [0.15, 0.2) is 0 Å². The van der Waals surface area contributed by atoms with Crippen molar-refractivity contribution in [2.75, 3.05) is 7.05 Å². The summed E-state index contributed by atoms with van der Waals surface area (Å²) in [7, 11) is 2.01. The molecule has 0 amide bonds. The Hall–Kier alpha value is -1.12. The molecule has 1 aromatic rings. The van der Waals surface area contributed by atoms with E-state index in [-0.39, 0.29) is 0 Å². The summed E-state index contributed by atoms with van der Waals surface area (Å²) in [5.41, 5.74) is 4.03. The van der Waals surface area contributed by atoms with E-state index in [1.807, 2.05) is 13.1 Å². The van der Waals surface area contributed by atoms with Gasteiger partial charge in [0.1, 0.15) is 0 Å². The van der Waals surface area contributed by atoms with E-state index in [2.05, 4.69) is 30.1 Å². The van der Waals surface area contributed by atoms with E-state index >= 15 is 0 Å². The Kier molecular flexibility index (Phi) is 3.75. The maximum Gasteiger partial charge on any atom is 0.0725 e. The minimum Gasteiger partial charge on any atom is -0.372 e. The average molecular weight is 217 g/mol. The van der Waals surface area contributed by atoms with Gasteiger partial charge >= 0.3 is 0 Å². The van der Waals surface area contributed by atoms with Crippen molar-refractivity contribution in [3.63, 3.8) is 0 Å². The second kappa shape index (κ2) is 5.28. The molecule has 0 spiro atoms. The fourth-order valence-corrected chi connectivity index (χ4v) is 2.17. The fourth-order valence-electron chi connectivity index (χ4n) is 2.17. The number of ether oxygens (including phenoxy) is 1. The Morgan fingerprint density at radius 3 is 3.00 bits per heavy atom. The minimum absolute atomic E-state index is 0.420. The molecule has 1 heterocycles. The van der Waals surface area contributed by atoms with Gasteiger partial charge in [0.2, 0.25) is 0 Å². The molecule has 0 radical (unpaired) electrons. The van der Waals surface area contributed by atoms with Crippen molar-refractivity contribution in [1.82, 2.24) is 5.32 Å². The molecule has 0 aromatic heterocycles. The Balaban J connectivity index is 2.15. The first-order valence-corrected chi connectivity index (χ1v) is 5.82. The van der Waals surface area contributed by atoms with E-state index in [0.717, 1.165) is 26.1 Å². The summed E-state index contributed by atoms with van der Waals surface area (Å²) in [5, 5.41) is 3.36. The topological polar surface area (TPSA) is 21.3 Å². The van der Waals surface area contributed by atoms with Crippen LogP contribution >= 0.6 is 0 Å². The second-order valence-electron chi connectivity index (χ2n) is 4.23. The van der Waals surface area contributed by atoms with E-state index in [4.69, 9.17) is 4.74 Å². The highest BCUT2D eigenvalue weighted by Crippen LogP contribution is 2.25. The standard InChI is InChI=1S/C14H19NO/c1-3-4-5-14(15-2)11-6-7-12-9-16-10-13(12)8-11/h3,6-8,14-15H,1,4-5,9-10H2,2H3. The number of hydrogen-bond donors (Lipinski definition) is 1. The average Bonchev–Trinajstić information content (AvgIpc) is 2.77. The molecule has 0 fully saturated rings. The molecular formula is C14H19NO. The lowest BCUT2D eigenvalue weighted by atomic mass is 9.98. The number of benzene rings is 1. The molecule has 2 heteroatoms. The molecule has 1 atom stereocenters. The molecule has 0 bridgehead atoms. The van der Waals surface area contributed by atoms with Gasteiger partial charge in [-0.15, -0.1) is 6.58 Å². The zero-order valence-electron chi connectivity index (χ0n) is 9.83. The fraction of sp³-hybridized carbons (Fsp3) is 0.429. The molecular weight excluding hydrogens is 198 g/mol. The molecule has 2 rings (SSSR count). The first-order chi connectivity index (χ1) is 7.85. The van der Waals surface area contributed by atoms with Crippen molar-refractivity contribution < 1.29 is 4.74 Å². The van der Waals surface area contributed by atoms with Gasteiger partial charge in [0, 0.05) is 6.04 Å².